The summed E-state index contributed by atoms with van der Waals surface area (Å²) in [5.41, 5.74) is 6.02. The molecule has 0 aliphatic rings. The summed E-state index contributed by atoms with van der Waals surface area (Å²) >= 11 is 0. The first-order valence-corrected chi connectivity index (χ1v) is 12.9. The topological polar surface area (TPSA) is 193 Å². The van der Waals surface area contributed by atoms with Gasteiger partial charge in [0.15, 0.2) is 5.82 Å². The van der Waals surface area contributed by atoms with Crippen LogP contribution in [0.2, 0.25) is 0 Å². The third-order valence-electron chi connectivity index (χ3n) is 5.71. The van der Waals surface area contributed by atoms with Crippen molar-refractivity contribution in [1.82, 2.24) is 30.8 Å². The normalized spacial score (nSPS) is 11.0. The predicted octanol–water partition coefficient (Wildman–Crippen LogP) is 1.37. The lowest BCUT2D eigenvalue weighted by atomic mass is 10.2. The number of rotatable bonds is 13. The van der Waals surface area contributed by atoms with Crippen LogP contribution in [0.25, 0.3) is 11.4 Å². The number of carbonyl (C=O) groups is 2. The minimum absolute atomic E-state index is 0.104. The van der Waals surface area contributed by atoms with Gasteiger partial charge in [-0.25, -0.2) is 41.6 Å². The Labute approximate surface area is 242 Å². The molecule has 4 rings (SSSR count). The van der Waals surface area contributed by atoms with Gasteiger partial charge >= 0.3 is 0 Å². The van der Waals surface area contributed by atoms with E-state index in [-0.39, 0.29) is 37.7 Å². The lowest BCUT2D eigenvalue weighted by Gasteiger charge is -2.17. The summed E-state index contributed by atoms with van der Waals surface area (Å²) in [4.78, 5) is 41.6. The average molecular weight is 567 g/mol. The molecule has 14 heteroatoms. The van der Waals surface area contributed by atoms with E-state index in [1.165, 1.54) is 0 Å². The van der Waals surface area contributed by atoms with Gasteiger partial charge in [0.2, 0.25) is 11.8 Å². The van der Waals surface area contributed by atoms with Gasteiger partial charge < -0.3 is 0 Å². The number of hydrogen-bond acceptors (Lipinski definition) is 12. The average Bonchev–Trinajstić information content (AvgIpc) is 3.05. The van der Waals surface area contributed by atoms with E-state index in [0.29, 0.717) is 28.8 Å². The second-order valence-corrected chi connectivity index (χ2v) is 8.65. The Hall–Kier alpha value is -5.60. The Morgan fingerprint density at radius 2 is 1.19 bits per heavy atom. The number of benzene rings is 1. The molecule has 4 aromatic rings. The first-order chi connectivity index (χ1) is 20.6. The SMILES string of the molecule is NNC(=O)CCN(/N=C/c1cc(/C=N/N(CCC(=O)NN)c2ccccn2)nc(-c2ccccc2)n1)c1ccccn1. The smallest absolute Gasteiger partial charge is 0.235 e. The minimum atomic E-state index is -0.334. The van der Waals surface area contributed by atoms with Crippen molar-refractivity contribution < 1.29 is 9.59 Å². The highest BCUT2D eigenvalue weighted by Gasteiger charge is 2.12. The molecule has 0 unspecified atom stereocenters. The molecule has 3 heterocycles. The van der Waals surface area contributed by atoms with E-state index in [1.807, 2.05) is 42.5 Å². The Balaban J connectivity index is 1.67. The van der Waals surface area contributed by atoms with Crippen molar-refractivity contribution in [1.29, 1.82) is 0 Å². The maximum absolute atomic E-state index is 11.8. The fourth-order valence-corrected chi connectivity index (χ4v) is 3.63. The number of hydrazone groups is 2. The highest BCUT2D eigenvalue weighted by molar-refractivity contribution is 5.85. The van der Waals surface area contributed by atoms with Crippen LogP contribution in [0.5, 0.6) is 0 Å². The fourth-order valence-electron chi connectivity index (χ4n) is 3.63. The van der Waals surface area contributed by atoms with Crippen LogP contribution in [0.15, 0.2) is 95.4 Å². The summed E-state index contributed by atoms with van der Waals surface area (Å²) in [6.45, 7) is 0.466. The summed E-state index contributed by atoms with van der Waals surface area (Å²) in [6, 6.07) is 22.0. The highest BCUT2D eigenvalue weighted by Crippen LogP contribution is 2.16. The van der Waals surface area contributed by atoms with Gasteiger partial charge in [-0.05, 0) is 30.3 Å². The first kappa shape index (κ1) is 29.4. The van der Waals surface area contributed by atoms with Crippen molar-refractivity contribution in [3.8, 4) is 11.4 Å². The second-order valence-electron chi connectivity index (χ2n) is 8.65. The van der Waals surface area contributed by atoms with Crippen LogP contribution in [-0.4, -0.2) is 57.3 Å². The van der Waals surface area contributed by atoms with Crippen molar-refractivity contribution in [2.45, 2.75) is 12.8 Å². The molecule has 214 valence electrons. The molecule has 0 radical (unpaired) electrons. The number of nitrogens with two attached hydrogens (primary N) is 2. The number of aromatic nitrogens is 4. The van der Waals surface area contributed by atoms with Crippen molar-refractivity contribution in [2.24, 2.45) is 21.9 Å². The Kier molecular flexibility index (Phi) is 10.7. The summed E-state index contributed by atoms with van der Waals surface area (Å²) in [5.74, 6) is 11.4. The number of amides is 2. The predicted molar refractivity (Wildman–Crippen MR) is 160 cm³/mol. The van der Waals surface area contributed by atoms with E-state index in [1.54, 1.807) is 65.2 Å². The van der Waals surface area contributed by atoms with Crippen LogP contribution < -0.4 is 32.6 Å². The lowest BCUT2D eigenvalue weighted by molar-refractivity contribution is -0.121. The molecule has 0 bridgehead atoms. The number of carbonyl (C=O) groups excluding carboxylic acids is 2. The van der Waals surface area contributed by atoms with Gasteiger partial charge in [0.1, 0.15) is 11.6 Å². The summed E-state index contributed by atoms with van der Waals surface area (Å²) in [6.07, 6.45) is 6.60. The molecule has 0 atom stereocenters. The monoisotopic (exact) mass is 566 g/mol. The van der Waals surface area contributed by atoms with Gasteiger partial charge in [0, 0.05) is 30.8 Å². The molecule has 42 heavy (non-hydrogen) atoms. The van der Waals surface area contributed by atoms with E-state index in [9.17, 15) is 9.59 Å². The van der Waals surface area contributed by atoms with Gasteiger partial charge in [0.05, 0.1) is 36.9 Å². The third-order valence-corrected chi connectivity index (χ3v) is 5.71. The van der Waals surface area contributed by atoms with Crippen molar-refractivity contribution in [3.05, 3.63) is 96.6 Å². The molecule has 0 saturated heterocycles. The quantitative estimate of drug-likeness (QED) is 0.0795. The molecule has 0 aliphatic carbocycles. The van der Waals surface area contributed by atoms with E-state index in [0.717, 1.165) is 5.56 Å². The molecule has 14 nitrogen and oxygen atoms in total. The van der Waals surface area contributed by atoms with Crippen LogP contribution in [0.3, 0.4) is 0 Å². The summed E-state index contributed by atoms with van der Waals surface area (Å²) < 4.78 is 0. The van der Waals surface area contributed by atoms with Crippen molar-refractivity contribution in [3.63, 3.8) is 0 Å². The van der Waals surface area contributed by atoms with E-state index in [4.69, 9.17) is 11.7 Å². The summed E-state index contributed by atoms with van der Waals surface area (Å²) in [7, 11) is 0. The maximum Gasteiger partial charge on any atom is 0.235 e. The van der Waals surface area contributed by atoms with Gasteiger partial charge in [-0.1, -0.05) is 42.5 Å². The fraction of sp³-hybridized carbons (Fsp3) is 0.143. The van der Waals surface area contributed by atoms with Crippen molar-refractivity contribution >= 4 is 35.9 Å². The minimum Gasteiger partial charge on any atom is -0.294 e. The zero-order valence-corrected chi connectivity index (χ0v) is 22.6. The molecular weight excluding hydrogens is 536 g/mol. The van der Waals surface area contributed by atoms with E-state index < -0.39 is 0 Å². The third kappa shape index (κ3) is 8.70. The molecule has 2 amide bonds. The number of nitrogens with zero attached hydrogens (tertiary/aromatic N) is 8. The Bertz CT molecular complexity index is 1410. The van der Waals surface area contributed by atoms with Crippen molar-refractivity contribution in [2.75, 3.05) is 23.1 Å². The lowest BCUT2D eigenvalue weighted by Crippen LogP contribution is -2.33. The summed E-state index contributed by atoms with van der Waals surface area (Å²) in [5, 5.41) is 12.3. The number of nitrogens with one attached hydrogen (secondary N) is 2. The van der Waals surface area contributed by atoms with Crippen LogP contribution >= 0.6 is 0 Å². The zero-order valence-electron chi connectivity index (χ0n) is 22.6. The number of hydrogen-bond donors (Lipinski definition) is 4. The van der Waals surface area contributed by atoms with Crippen LogP contribution in [0.4, 0.5) is 11.6 Å². The molecule has 1 aromatic carbocycles. The molecule has 0 fully saturated rings. The molecule has 6 N–H and O–H groups in total. The number of pyridine rings is 2. The standard InChI is InChI=1S/C28H30N12O2/c29-37-26(41)12-16-39(24-10-4-6-14-31-24)33-19-22-18-23(36-28(35-22)21-8-2-1-3-9-21)20-34-40(17-13-27(42)38-30)25-11-5-7-15-32-25/h1-11,14-15,18-20H,12-13,16-17,29-30H2,(H,37,41)(H,38,42)/b33-19+,34-20+. The van der Waals surface area contributed by atoms with Gasteiger partial charge in [0.25, 0.3) is 0 Å². The maximum atomic E-state index is 11.8. The van der Waals surface area contributed by atoms with Gasteiger partial charge in [-0.2, -0.15) is 10.2 Å². The Morgan fingerprint density at radius 1 is 0.714 bits per heavy atom. The largest absolute Gasteiger partial charge is 0.294 e. The first-order valence-electron chi connectivity index (χ1n) is 12.9. The second kappa shape index (κ2) is 15.3. The number of anilines is 2. The van der Waals surface area contributed by atoms with E-state index in [2.05, 4.69) is 41.0 Å². The van der Waals surface area contributed by atoms with Crippen LogP contribution in [0.1, 0.15) is 24.2 Å². The zero-order chi connectivity index (χ0) is 29.6. The van der Waals surface area contributed by atoms with E-state index >= 15 is 0 Å². The molecule has 0 aliphatic heterocycles. The highest BCUT2D eigenvalue weighted by atomic mass is 16.2. The molecule has 0 spiro atoms. The van der Waals surface area contributed by atoms with Crippen LogP contribution in [-0.2, 0) is 9.59 Å². The van der Waals surface area contributed by atoms with Gasteiger partial charge in [-0.15, -0.1) is 0 Å². The molecule has 3 aromatic heterocycles. The van der Waals surface area contributed by atoms with Crippen LogP contribution in [0, 0.1) is 0 Å². The Morgan fingerprint density at radius 3 is 1.62 bits per heavy atom. The van der Waals surface area contributed by atoms with Gasteiger partial charge in [-0.3, -0.25) is 20.4 Å². The molecular formula is C28H30N12O2. The number of hydrazine groups is 2. The molecule has 0 saturated carbocycles.